The number of sulfonamides is 1. The zero-order valence-electron chi connectivity index (χ0n) is 11.5. The lowest BCUT2D eigenvalue weighted by Crippen LogP contribution is -2.25. The predicted octanol–water partition coefficient (Wildman–Crippen LogP) is 2.01. The minimum absolute atomic E-state index is 0.0393. The van der Waals surface area contributed by atoms with Gasteiger partial charge in [0.25, 0.3) is 0 Å². The zero-order chi connectivity index (χ0) is 15.2. The van der Waals surface area contributed by atoms with Crippen LogP contribution in [0.15, 0.2) is 23.1 Å². The van der Waals surface area contributed by atoms with E-state index in [0.717, 1.165) is 6.42 Å². The molecule has 0 aromatic heterocycles. The van der Waals surface area contributed by atoms with E-state index in [0.29, 0.717) is 18.0 Å². The van der Waals surface area contributed by atoms with Gasteiger partial charge in [-0.2, -0.15) is 0 Å². The minimum Gasteiger partial charge on any atom is -0.384 e. The number of nitrogens with one attached hydrogen (secondary N) is 1. The summed E-state index contributed by atoms with van der Waals surface area (Å²) in [7, 11) is -3.60. The van der Waals surface area contributed by atoms with Crippen molar-refractivity contribution in [3.8, 4) is 11.8 Å². The van der Waals surface area contributed by atoms with Gasteiger partial charge in [-0.15, -0.1) is 0 Å². The van der Waals surface area contributed by atoms with Gasteiger partial charge in [0.05, 0.1) is 5.02 Å². The summed E-state index contributed by atoms with van der Waals surface area (Å²) in [6, 6.07) is 4.45. The van der Waals surface area contributed by atoms with Crippen LogP contribution in [0.25, 0.3) is 0 Å². The first-order valence-corrected chi connectivity index (χ1v) is 8.12. The summed E-state index contributed by atoms with van der Waals surface area (Å²) in [5, 5.41) is 8.73. The number of rotatable bonds is 5. The number of benzene rings is 1. The van der Waals surface area contributed by atoms with E-state index < -0.39 is 10.0 Å². The third-order valence-electron chi connectivity index (χ3n) is 2.55. The molecule has 0 unspecified atom stereocenters. The summed E-state index contributed by atoms with van der Waals surface area (Å²) >= 11 is 5.98. The summed E-state index contributed by atoms with van der Waals surface area (Å²) < 4.78 is 26.7. The molecule has 0 fully saturated rings. The van der Waals surface area contributed by atoms with Crippen LogP contribution in [-0.4, -0.2) is 26.7 Å². The van der Waals surface area contributed by atoms with Crippen LogP contribution in [0, 0.1) is 17.8 Å². The van der Waals surface area contributed by atoms with Crippen molar-refractivity contribution in [1.82, 2.24) is 4.72 Å². The number of aliphatic hydroxyl groups is 1. The Morgan fingerprint density at radius 3 is 2.65 bits per heavy atom. The van der Waals surface area contributed by atoms with E-state index in [9.17, 15) is 8.42 Å². The van der Waals surface area contributed by atoms with Crippen molar-refractivity contribution in [3.05, 3.63) is 28.8 Å². The molecule has 0 aliphatic heterocycles. The van der Waals surface area contributed by atoms with E-state index in [1.807, 2.05) is 13.8 Å². The van der Waals surface area contributed by atoms with Crippen LogP contribution in [0.2, 0.25) is 5.02 Å². The molecule has 0 bridgehead atoms. The smallest absolute Gasteiger partial charge is 0.242 e. The largest absolute Gasteiger partial charge is 0.384 e. The van der Waals surface area contributed by atoms with Crippen LogP contribution in [0.5, 0.6) is 0 Å². The Kier molecular flexibility index (Phi) is 6.50. The van der Waals surface area contributed by atoms with Gasteiger partial charge in [-0.05, 0) is 30.5 Å². The normalized spacial score (nSPS) is 11.2. The quantitative estimate of drug-likeness (QED) is 0.817. The van der Waals surface area contributed by atoms with Crippen molar-refractivity contribution in [2.45, 2.75) is 25.2 Å². The van der Waals surface area contributed by atoms with E-state index >= 15 is 0 Å². The number of halogens is 1. The second-order valence-electron chi connectivity index (χ2n) is 4.69. The average molecular weight is 316 g/mol. The van der Waals surface area contributed by atoms with Gasteiger partial charge in [0, 0.05) is 12.1 Å². The fourth-order valence-corrected chi connectivity index (χ4v) is 3.09. The first-order chi connectivity index (χ1) is 9.36. The van der Waals surface area contributed by atoms with Crippen LogP contribution < -0.4 is 4.72 Å². The summed E-state index contributed by atoms with van der Waals surface area (Å²) in [6.07, 6.45) is 0.761. The highest BCUT2D eigenvalue weighted by atomic mass is 35.5. The Labute approximate surface area is 125 Å². The predicted molar refractivity (Wildman–Crippen MR) is 80.1 cm³/mol. The van der Waals surface area contributed by atoms with Crippen LogP contribution in [0.1, 0.15) is 25.8 Å². The number of hydrogen-bond donors (Lipinski definition) is 2. The second-order valence-corrected chi connectivity index (χ2v) is 6.83. The molecule has 0 amide bonds. The molecule has 110 valence electrons. The maximum atomic E-state index is 12.1. The topological polar surface area (TPSA) is 66.4 Å². The summed E-state index contributed by atoms with van der Waals surface area (Å²) in [5.41, 5.74) is 0.560. The highest BCUT2D eigenvalue weighted by Crippen LogP contribution is 2.22. The lowest BCUT2D eigenvalue weighted by molar-refractivity contribution is 0.350. The highest BCUT2D eigenvalue weighted by molar-refractivity contribution is 7.89. The molecule has 1 rings (SSSR count). The Hall–Kier alpha value is -1.06. The minimum atomic E-state index is -3.60. The summed E-state index contributed by atoms with van der Waals surface area (Å²) in [5.74, 6) is 5.57. The van der Waals surface area contributed by atoms with Gasteiger partial charge in [-0.3, -0.25) is 0 Å². The molecular weight excluding hydrogens is 298 g/mol. The second kappa shape index (κ2) is 7.65. The Morgan fingerprint density at radius 1 is 1.40 bits per heavy atom. The molecule has 0 aliphatic carbocycles. The average Bonchev–Trinajstić information content (AvgIpc) is 2.35. The molecular formula is C14H18ClNO3S. The molecule has 0 atom stereocenters. The van der Waals surface area contributed by atoms with Gasteiger partial charge in [0.2, 0.25) is 10.0 Å². The fraction of sp³-hybridized carbons (Fsp3) is 0.429. The summed E-state index contributed by atoms with van der Waals surface area (Å²) in [6.45, 7) is 4.17. The third kappa shape index (κ3) is 5.14. The van der Waals surface area contributed by atoms with Gasteiger partial charge in [-0.25, -0.2) is 13.1 Å². The molecule has 0 heterocycles. The Morgan fingerprint density at radius 2 is 2.10 bits per heavy atom. The van der Waals surface area contributed by atoms with Crippen molar-refractivity contribution in [1.29, 1.82) is 0 Å². The van der Waals surface area contributed by atoms with Gasteiger partial charge in [0.1, 0.15) is 11.5 Å². The van der Waals surface area contributed by atoms with Crippen LogP contribution >= 0.6 is 11.6 Å². The first-order valence-electron chi connectivity index (χ1n) is 6.25. The third-order valence-corrected chi connectivity index (χ3v) is 4.49. The van der Waals surface area contributed by atoms with Gasteiger partial charge < -0.3 is 5.11 Å². The van der Waals surface area contributed by atoms with E-state index in [-0.39, 0.29) is 16.5 Å². The van der Waals surface area contributed by atoms with E-state index in [1.165, 1.54) is 12.1 Å². The van der Waals surface area contributed by atoms with Crippen molar-refractivity contribution < 1.29 is 13.5 Å². The molecule has 0 saturated heterocycles. The standard InChI is InChI=1S/C14H18ClNO3S/c1-11(2)7-8-16-20(18,19)14-6-5-12(4-3-9-17)10-13(14)15/h5-6,10-11,16-17H,7-9H2,1-2H3. The van der Waals surface area contributed by atoms with Gasteiger partial charge >= 0.3 is 0 Å². The zero-order valence-corrected chi connectivity index (χ0v) is 13.1. The SMILES string of the molecule is CC(C)CCNS(=O)(=O)c1ccc(C#CCO)cc1Cl. The molecule has 2 N–H and O–H groups in total. The molecule has 0 spiro atoms. The van der Waals surface area contributed by atoms with Crippen molar-refractivity contribution >= 4 is 21.6 Å². The molecule has 0 aliphatic rings. The van der Waals surface area contributed by atoms with E-state index in [1.54, 1.807) is 6.07 Å². The first kappa shape index (κ1) is 17.0. The fourth-order valence-electron chi connectivity index (χ4n) is 1.50. The van der Waals surface area contributed by atoms with Crippen molar-refractivity contribution in [2.24, 2.45) is 5.92 Å². The highest BCUT2D eigenvalue weighted by Gasteiger charge is 2.17. The summed E-state index contributed by atoms with van der Waals surface area (Å²) in [4.78, 5) is 0.0393. The molecule has 1 aromatic rings. The Balaban J connectivity index is 2.90. The van der Waals surface area contributed by atoms with E-state index in [4.69, 9.17) is 16.7 Å². The maximum Gasteiger partial charge on any atom is 0.242 e. The van der Waals surface area contributed by atoms with Crippen molar-refractivity contribution in [3.63, 3.8) is 0 Å². The van der Waals surface area contributed by atoms with Crippen molar-refractivity contribution in [2.75, 3.05) is 13.2 Å². The molecule has 4 nitrogen and oxygen atoms in total. The van der Waals surface area contributed by atoms with Crippen LogP contribution in [-0.2, 0) is 10.0 Å². The lowest BCUT2D eigenvalue weighted by atomic mass is 10.1. The van der Waals surface area contributed by atoms with Crippen LogP contribution in [0.4, 0.5) is 0 Å². The number of hydrogen-bond acceptors (Lipinski definition) is 3. The molecule has 1 aromatic carbocycles. The maximum absolute atomic E-state index is 12.1. The lowest BCUT2D eigenvalue weighted by Gasteiger charge is -2.09. The molecule has 20 heavy (non-hydrogen) atoms. The monoisotopic (exact) mass is 315 g/mol. The van der Waals surface area contributed by atoms with Gasteiger partial charge in [0.15, 0.2) is 0 Å². The molecule has 6 heteroatoms. The van der Waals surface area contributed by atoms with E-state index in [2.05, 4.69) is 16.6 Å². The molecule has 0 radical (unpaired) electrons. The van der Waals surface area contributed by atoms with Gasteiger partial charge in [-0.1, -0.05) is 37.3 Å². The molecule has 0 saturated carbocycles. The number of aliphatic hydroxyl groups excluding tert-OH is 1. The van der Waals surface area contributed by atoms with Crippen LogP contribution in [0.3, 0.4) is 0 Å². The Bertz CT molecular complexity index is 615.